The molecule has 0 amide bonds. The van der Waals surface area contributed by atoms with Gasteiger partial charge in [0, 0.05) is 19.6 Å². The van der Waals surface area contributed by atoms with Crippen LogP contribution >= 0.6 is 0 Å². The second-order valence-electron chi connectivity index (χ2n) is 6.31. The Labute approximate surface area is 138 Å². The maximum Gasteiger partial charge on any atom is 0.0998 e. The molecule has 118 valence electrons. The van der Waals surface area contributed by atoms with Crippen molar-refractivity contribution in [2.24, 2.45) is 0 Å². The molecule has 2 atom stereocenters. The first kappa shape index (κ1) is 15.7. The van der Waals surface area contributed by atoms with E-state index in [1.54, 1.807) is 0 Å². The maximum atomic E-state index is 9.23. The number of rotatable bonds is 3. The van der Waals surface area contributed by atoms with Gasteiger partial charge in [0.1, 0.15) is 0 Å². The van der Waals surface area contributed by atoms with Crippen LogP contribution in [0.5, 0.6) is 0 Å². The molecule has 2 aromatic carbocycles. The van der Waals surface area contributed by atoms with Crippen molar-refractivity contribution in [2.75, 3.05) is 13.1 Å². The zero-order chi connectivity index (χ0) is 16.2. The number of hydrogen-bond donors (Lipinski definition) is 0. The van der Waals surface area contributed by atoms with Gasteiger partial charge in [-0.25, -0.2) is 0 Å². The first-order valence-electron chi connectivity index (χ1n) is 8.12. The fourth-order valence-electron chi connectivity index (χ4n) is 3.29. The summed E-state index contributed by atoms with van der Waals surface area (Å²) >= 11 is 0. The second-order valence-corrected chi connectivity index (χ2v) is 6.31. The first-order valence-corrected chi connectivity index (χ1v) is 8.12. The van der Waals surface area contributed by atoms with Gasteiger partial charge in [0.25, 0.3) is 0 Å². The van der Waals surface area contributed by atoms with Crippen LogP contribution in [0.4, 0.5) is 0 Å². The number of hydrogen-bond acceptors (Lipinski definition) is 3. The third-order valence-electron chi connectivity index (χ3n) is 4.21. The van der Waals surface area contributed by atoms with Crippen molar-refractivity contribution in [3.05, 3.63) is 59.7 Å². The molecule has 1 heterocycles. The van der Waals surface area contributed by atoms with Crippen molar-refractivity contribution in [2.45, 2.75) is 32.6 Å². The number of benzene rings is 2. The molecule has 1 saturated heterocycles. The van der Waals surface area contributed by atoms with Crippen molar-refractivity contribution < 1.29 is 4.74 Å². The zero-order valence-electron chi connectivity index (χ0n) is 13.7. The van der Waals surface area contributed by atoms with Gasteiger partial charge in [-0.1, -0.05) is 42.5 Å². The summed E-state index contributed by atoms with van der Waals surface area (Å²) in [5.41, 5.74) is 4.10. The number of ether oxygens (including phenoxy) is 1. The van der Waals surface area contributed by atoms with Crippen LogP contribution in [0, 0.1) is 11.3 Å². The number of nitrogens with zero attached hydrogens (tertiary/aromatic N) is 2. The van der Waals surface area contributed by atoms with Gasteiger partial charge in [0.2, 0.25) is 0 Å². The molecular weight excluding hydrogens is 284 g/mol. The molecule has 3 rings (SSSR count). The minimum absolute atomic E-state index is 0.292. The summed E-state index contributed by atoms with van der Waals surface area (Å²) < 4.78 is 5.78. The molecule has 2 aromatic rings. The van der Waals surface area contributed by atoms with Gasteiger partial charge in [-0.2, -0.15) is 5.26 Å². The van der Waals surface area contributed by atoms with Crippen molar-refractivity contribution in [1.82, 2.24) is 4.90 Å². The van der Waals surface area contributed by atoms with Crippen LogP contribution < -0.4 is 0 Å². The summed E-state index contributed by atoms with van der Waals surface area (Å²) in [5, 5.41) is 9.23. The summed E-state index contributed by atoms with van der Waals surface area (Å²) in [6.07, 6.45) is 0.584. The average Bonchev–Trinajstić information content (AvgIpc) is 2.54. The van der Waals surface area contributed by atoms with E-state index >= 15 is 0 Å². The molecule has 23 heavy (non-hydrogen) atoms. The average molecular weight is 306 g/mol. The van der Waals surface area contributed by atoms with E-state index in [4.69, 9.17) is 4.74 Å². The molecular formula is C20H22N2O. The highest BCUT2D eigenvalue weighted by Crippen LogP contribution is 2.24. The van der Waals surface area contributed by atoms with Crippen LogP contribution in [0.3, 0.4) is 0 Å². The molecule has 3 heteroatoms. The lowest BCUT2D eigenvalue weighted by Gasteiger charge is -2.35. The molecule has 0 N–H and O–H groups in total. The van der Waals surface area contributed by atoms with Crippen molar-refractivity contribution >= 4 is 0 Å². The third kappa shape index (κ3) is 3.79. The molecule has 0 spiro atoms. The molecule has 0 radical (unpaired) electrons. The van der Waals surface area contributed by atoms with E-state index in [1.165, 1.54) is 5.56 Å². The van der Waals surface area contributed by atoms with Crippen LogP contribution in [-0.2, 0) is 11.3 Å². The van der Waals surface area contributed by atoms with E-state index in [0.29, 0.717) is 12.2 Å². The molecule has 1 aliphatic heterocycles. The van der Waals surface area contributed by atoms with Gasteiger partial charge >= 0.3 is 0 Å². The third-order valence-corrected chi connectivity index (χ3v) is 4.21. The summed E-state index contributed by atoms with van der Waals surface area (Å²) in [7, 11) is 0. The van der Waals surface area contributed by atoms with Crippen LogP contribution in [-0.4, -0.2) is 30.2 Å². The molecule has 1 aliphatic rings. The van der Waals surface area contributed by atoms with Crippen molar-refractivity contribution in [3.63, 3.8) is 0 Å². The van der Waals surface area contributed by atoms with Gasteiger partial charge in [-0.05, 0) is 36.6 Å². The molecule has 0 aliphatic carbocycles. The first-order chi connectivity index (χ1) is 11.2. The molecule has 0 saturated carbocycles. The van der Waals surface area contributed by atoms with E-state index in [9.17, 15) is 5.26 Å². The van der Waals surface area contributed by atoms with E-state index in [1.807, 2.05) is 24.3 Å². The highest BCUT2D eigenvalue weighted by Gasteiger charge is 2.21. The topological polar surface area (TPSA) is 36.3 Å². The van der Waals surface area contributed by atoms with Gasteiger partial charge in [0.05, 0.1) is 23.8 Å². The molecule has 0 bridgehead atoms. The maximum absolute atomic E-state index is 9.23. The van der Waals surface area contributed by atoms with E-state index in [0.717, 1.165) is 36.3 Å². The fraction of sp³-hybridized carbons (Fsp3) is 0.350. The Morgan fingerprint density at radius 2 is 1.70 bits per heavy atom. The summed E-state index contributed by atoms with van der Waals surface area (Å²) in [6.45, 7) is 7.15. The molecule has 3 nitrogen and oxygen atoms in total. The monoisotopic (exact) mass is 306 g/mol. The molecule has 2 unspecified atom stereocenters. The predicted molar refractivity (Wildman–Crippen MR) is 91.9 cm³/mol. The Morgan fingerprint density at radius 3 is 2.35 bits per heavy atom. The molecule has 0 aromatic heterocycles. The summed E-state index contributed by atoms with van der Waals surface area (Å²) in [6, 6.07) is 18.5. The van der Waals surface area contributed by atoms with Crippen LogP contribution in [0.2, 0.25) is 0 Å². The van der Waals surface area contributed by atoms with Gasteiger partial charge in [-0.15, -0.1) is 0 Å². The minimum atomic E-state index is 0.292. The largest absolute Gasteiger partial charge is 0.373 e. The lowest BCUT2D eigenvalue weighted by atomic mass is 9.99. The van der Waals surface area contributed by atoms with Crippen LogP contribution in [0.1, 0.15) is 25.0 Å². The lowest BCUT2D eigenvalue weighted by Crippen LogP contribution is -2.44. The highest BCUT2D eigenvalue weighted by atomic mass is 16.5. The quantitative estimate of drug-likeness (QED) is 0.864. The van der Waals surface area contributed by atoms with Gasteiger partial charge < -0.3 is 4.74 Å². The Balaban J connectivity index is 1.74. The Kier molecular flexibility index (Phi) is 4.76. The SMILES string of the molecule is CC1CN(Cc2ccc(-c3ccccc3C#N)cc2)CC(C)O1. The Hall–Kier alpha value is -2.15. The summed E-state index contributed by atoms with van der Waals surface area (Å²) in [5.74, 6) is 0. The van der Waals surface area contributed by atoms with E-state index in [-0.39, 0.29) is 0 Å². The van der Waals surface area contributed by atoms with Gasteiger partial charge in [-0.3, -0.25) is 4.90 Å². The van der Waals surface area contributed by atoms with Gasteiger partial charge in [0.15, 0.2) is 0 Å². The minimum Gasteiger partial charge on any atom is -0.373 e. The summed E-state index contributed by atoms with van der Waals surface area (Å²) in [4.78, 5) is 2.44. The van der Waals surface area contributed by atoms with E-state index in [2.05, 4.69) is 49.1 Å². The lowest BCUT2D eigenvalue weighted by molar-refractivity contribution is -0.0704. The highest BCUT2D eigenvalue weighted by molar-refractivity contribution is 5.70. The number of nitriles is 1. The smallest absolute Gasteiger partial charge is 0.0998 e. The molecule has 1 fully saturated rings. The van der Waals surface area contributed by atoms with Crippen LogP contribution in [0.15, 0.2) is 48.5 Å². The fourth-order valence-corrected chi connectivity index (χ4v) is 3.29. The van der Waals surface area contributed by atoms with Crippen molar-refractivity contribution in [3.8, 4) is 17.2 Å². The Morgan fingerprint density at radius 1 is 1.04 bits per heavy atom. The second kappa shape index (κ2) is 6.95. The van der Waals surface area contributed by atoms with Crippen molar-refractivity contribution in [1.29, 1.82) is 5.26 Å². The van der Waals surface area contributed by atoms with Crippen LogP contribution in [0.25, 0.3) is 11.1 Å². The number of morpholine rings is 1. The zero-order valence-corrected chi connectivity index (χ0v) is 13.7. The predicted octanol–water partition coefficient (Wildman–Crippen LogP) is 3.83. The standard InChI is InChI=1S/C20H22N2O/c1-15-12-22(13-16(2)23-15)14-17-7-9-18(10-8-17)20-6-4-3-5-19(20)11-21/h3-10,15-16H,12-14H2,1-2H3. The van der Waals surface area contributed by atoms with E-state index < -0.39 is 0 Å². The Bertz CT molecular complexity index is 692. The normalized spacial score (nSPS) is 21.8.